The van der Waals surface area contributed by atoms with Crippen LogP contribution in [0.2, 0.25) is 0 Å². The van der Waals surface area contributed by atoms with Gasteiger partial charge in [-0.15, -0.1) is 0 Å². The number of rotatable bonds is 7. The quantitative estimate of drug-likeness (QED) is 0.337. The lowest BCUT2D eigenvalue weighted by Gasteiger charge is -2.11. The van der Waals surface area contributed by atoms with E-state index in [1.54, 1.807) is 6.66 Å². The van der Waals surface area contributed by atoms with Gasteiger partial charge in [0.15, 0.2) is 5.78 Å². The van der Waals surface area contributed by atoms with Gasteiger partial charge in [0.05, 0.1) is 0 Å². The number of benzene rings is 1. The van der Waals surface area contributed by atoms with Gasteiger partial charge in [0.1, 0.15) is 43.6 Å². The molecule has 2 aromatic rings. The Morgan fingerprint density at radius 2 is 2.04 bits per heavy atom. The standard InChI is InChI=1S/C15H14BFNO4P/c1-9(19)14(10-3-5-11(17)6-4-10)15(20)12-7-21-13(18-12)8-22-23(2)16/h3-7,14H,8H2,1-2H3. The lowest BCUT2D eigenvalue weighted by Crippen LogP contribution is -2.20. The van der Waals surface area contributed by atoms with Crippen molar-refractivity contribution in [2.45, 2.75) is 19.4 Å². The van der Waals surface area contributed by atoms with E-state index in [4.69, 9.17) is 16.5 Å². The Labute approximate surface area is 135 Å². The molecule has 0 aliphatic carbocycles. The van der Waals surface area contributed by atoms with Gasteiger partial charge in [-0.3, -0.25) is 9.59 Å². The third-order valence-electron chi connectivity index (χ3n) is 3.07. The second-order valence-corrected chi connectivity index (χ2v) is 6.26. The van der Waals surface area contributed by atoms with Gasteiger partial charge in [-0.25, -0.2) is 9.37 Å². The topological polar surface area (TPSA) is 69.4 Å². The molecule has 2 radical (unpaired) electrons. The first-order valence-electron chi connectivity index (χ1n) is 6.74. The van der Waals surface area contributed by atoms with Gasteiger partial charge in [0.25, 0.3) is 0 Å². The Bertz CT molecular complexity index is 702. The smallest absolute Gasteiger partial charge is 0.221 e. The third kappa shape index (κ3) is 4.56. The maximum atomic E-state index is 13.0. The van der Waals surface area contributed by atoms with Crippen LogP contribution >= 0.6 is 8.03 Å². The minimum atomic E-state index is -1.07. The molecule has 0 saturated carbocycles. The van der Waals surface area contributed by atoms with Crippen molar-refractivity contribution in [2.24, 2.45) is 0 Å². The maximum absolute atomic E-state index is 13.0. The van der Waals surface area contributed by atoms with Gasteiger partial charge in [-0.2, -0.15) is 0 Å². The molecule has 0 saturated heterocycles. The van der Waals surface area contributed by atoms with Crippen molar-refractivity contribution in [3.63, 3.8) is 0 Å². The fourth-order valence-corrected chi connectivity index (χ4v) is 2.34. The molecule has 1 aromatic carbocycles. The van der Waals surface area contributed by atoms with E-state index in [0.717, 1.165) is 0 Å². The van der Waals surface area contributed by atoms with E-state index >= 15 is 0 Å². The van der Waals surface area contributed by atoms with Crippen LogP contribution in [0.5, 0.6) is 0 Å². The highest BCUT2D eigenvalue weighted by Gasteiger charge is 2.28. The molecule has 1 heterocycles. The van der Waals surface area contributed by atoms with Crippen LogP contribution in [-0.2, 0) is 15.9 Å². The molecule has 0 aliphatic rings. The number of aromatic nitrogens is 1. The first kappa shape index (κ1) is 17.5. The molecule has 1 aromatic heterocycles. The highest BCUT2D eigenvalue weighted by molar-refractivity contribution is 7.77. The van der Waals surface area contributed by atoms with E-state index in [1.165, 1.54) is 37.5 Å². The normalized spacial score (nSPS) is 13.5. The predicted octanol–water partition coefficient (Wildman–Crippen LogP) is 3.00. The van der Waals surface area contributed by atoms with Gasteiger partial charge in [-0.05, 0) is 39.3 Å². The summed E-state index contributed by atoms with van der Waals surface area (Å²) in [5, 5.41) is 0. The average Bonchev–Trinajstić information content (AvgIpc) is 2.96. The van der Waals surface area contributed by atoms with E-state index in [2.05, 4.69) is 4.98 Å². The molecule has 23 heavy (non-hydrogen) atoms. The largest absolute Gasteiger partial charge is 0.446 e. The summed E-state index contributed by atoms with van der Waals surface area (Å²) in [7, 11) is 4.45. The molecule has 0 N–H and O–H groups in total. The molecule has 2 rings (SSSR count). The number of nitrogens with zero attached hydrogens (tertiary/aromatic N) is 1. The Morgan fingerprint density at radius 3 is 2.61 bits per heavy atom. The summed E-state index contributed by atoms with van der Waals surface area (Å²) in [5.74, 6) is -2.16. The summed E-state index contributed by atoms with van der Waals surface area (Å²) in [4.78, 5) is 28.4. The minimum absolute atomic E-state index is 0.0191. The summed E-state index contributed by atoms with van der Waals surface area (Å²) in [5.41, 5.74) is 0.425. The Balaban J connectivity index is 2.21. The van der Waals surface area contributed by atoms with Crippen LogP contribution in [0.25, 0.3) is 0 Å². The number of hydrogen-bond donors (Lipinski definition) is 0. The van der Waals surface area contributed by atoms with Gasteiger partial charge in [0.2, 0.25) is 5.89 Å². The Morgan fingerprint density at radius 1 is 1.39 bits per heavy atom. The summed E-state index contributed by atoms with van der Waals surface area (Å²) < 4.78 is 23.3. The summed E-state index contributed by atoms with van der Waals surface area (Å²) in [6.07, 6.45) is 1.18. The lowest BCUT2D eigenvalue weighted by atomic mass is 9.90. The van der Waals surface area contributed by atoms with E-state index in [1.807, 2.05) is 0 Å². The molecular formula is C15H14BFNO4P. The number of Topliss-reactive ketones (excluding diaryl/α,β-unsaturated/α-hetero) is 2. The molecule has 118 valence electrons. The maximum Gasteiger partial charge on any atom is 0.221 e. The number of oxazole rings is 1. The SMILES string of the molecule is [B]P(C)OCc1nc(C(=O)C(C(C)=O)c2ccc(F)cc2)co1. The first-order valence-corrected chi connectivity index (χ1v) is 8.52. The number of carbonyl (C=O) groups excluding carboxylic acids is 2. The van der Waals surface area contributed by atoms with Crippen LogP contribution in [0.4, 0.5) is 4.39 Å². The molecule has 0 fully saturated rings. The van der Waals surface area contributed by atoms with Crippen LogP contribution in [0.3, 0.4) is 0 Å². The van der Waals surface area contributed by atoms with Crippen LogP contribution in [0.15, 0.2) is 34.9 Å². The van der Waals surface area contributed by atoms with Crippen LogP contribution in [-0.4, -0.2) is 30.8 Å². The molecule has 0 amide bonds. The van der Waals surface area contributed by atoms with Crippen LogP contribution < -0.4 is 0 Å². The van der Waals surface area contributed by atoms with E-state index < -0.39 is 25.5 Å². The number of ketones is 2. The molecule has 0 bridgehead atoms. The zero-order chi connectivity index (χ0) is 17.0. The Kier molecular flexibility index (Phi) is 5.80. The van der Waals surface area contributed by atoms with Crippen molar-refractivity contribution in [3.05, 3.63) is 53.5 Å². The third-order valence-corrected chi connectivity index (χ3v) is 3.60. The number of carbonyl (C=O) groups is 2. The molecule has 0 aliphatic heterocycles. The zero-order valence-electron chi connectivity index (χ0n) is 12.7. The monoisotopic (exact) mass is 333 g/mol. The van der Waals surface area contributed by atoms with Crippen LogP contribution in [0, 0.1) is 5.82 Å². The molecule has 5 nitrogen and oxygen atoms in total. The van der Waals surface area contributed by atoms with Gasteiger partial charge < -0.3 is 8.94 Å². The summed E-state index contributed by atoms with van der Waals surface area (Å²) >= 11 is 0. The zero-order valence-corrected chi connectivity index (χ0v) is 13.5. The fraction of sp³-hybridized carbons (Fsp3) is 0.267. The second-order valence-electron chi connectivity index (χ2n) is 4.91. The van der Waals surface area contributed by atoms with Crippen molar-refractivity contribution in [1.29, 1.82) is 0 Å². The summed E-state index contributed by atoms with van der Waals surface area (Å²) in [6.45, 7) is 3.06. The van der Waals surface area contributed by atoms with Crippen molar-refractivity contribution in [2.75, 3.05) is 6.66 Å². The molecule has 2 unspecified atom stereocenters. The molecule has 2 atom stereocenters. The van der Waals surface area contributed by atoms with Crippen molar-refractivity contribution in [1.82, 2.24) is 4.98 Å². The first-order chi connectivity index (χ1) is 10.9. The lowest BCUT2D eigenvalue weighted by molar-refractivity contribution is -0.117. The highest BCUT2D eigenvalue weighted by atomic mass is 31.1. The number of hydrogen-bond acceptors (Lipinski definition) is 5. The predicted molar refractivity (Wildman–Crippen MR) is 84.0 cm³/mol. The van der Waals surface area contributed by atoms with Gasteiger partial charge in [0, 0.05) is 0 Å². The van der Waals surface area contributed by atoms with E-state index in [9.17, 15) is 14.0 Å². The minimum Gasteiger partial charge on any atom is -0.446 e. The second kappa shape index (κ2) is 7.62. The highest BCUT2D eigenvalue weighted by Crippen LogP contribution is 2.27. The number of halogens is 1. The fourth-order valence-electron chi connectivity index (χ4n) is 2.02. The van der Waals surface area contributed by atoms with E-state index in [0.29, 0.717) is 5.56 Å². The van der Waals surface area contributed by atoms with Gasteiger partial charge >= 0.3 is 0 Å². The Hall–Kier alpha value is -1.85. The average molecular weight is 333 g/mol. The van der Waals surface area contributed by atoms with E-state index in [-0.39, 0.29) is 24.0 Å². The molecule has 0 spiro atoms. The van der Waals surface area contributed by atoms with Crippen molar-refractivity contribution in [3.8, 4) is 0 Å². The van der Waals surface area contributed by atoms with Crippen molar-refractivity contribution < 1.29 is 22.9 Å². The van der Waals surface area contributed by atoms with Gasteiger partial charge in [-0.1, -0.05) is 12.1 Å². The van der Waals surface area contributed by atoms with Crippen LogP contribution in [0.1, 0.15) is 34.8 Å². The molecule has 8 heteroatoms. The molecular weight excluding hydrogens is 319 g/mol. The van der Waals surface area contributed by atoms with Crippen molar-refractivity contribution >= 4 is 27.2 Å². The summed E-state index contributed by atoms with van der Waals surface area (Å²) in [6, 6.07) is 5.21.